The molecular weight excluding hydrogens is 350 g/mol. The van der Waals surface area contributed by atoms with Crippen molar-refractivity contribution in [2.24, 2.45) is 0 Å². The second-order valence-corrected chi connectivity index (χ2v) is 10.5. The van der Waals surface area contributed by atoms with Crippen LogP contribution in [0.2, 0.25) is 0 Å². The molecule has 130 valence electrons. The highest BCUT2D eigenvalue weighted by Crippen LogP contribution is 2.55. The molecule has 1 saturated heterocycles. The molecule has 1 aromatic rings. The van der Waals surface area contributed by atoms with Crippen LogP contribution in [0.25, 0.3) is 0 Å². The molecule has 1 spiro atoms. The zero-order valence-electron chi connectivity index (χ0n) is 13.4. The molecule has 24 heavy (non-hydrogen) atoms. The van der Waals surface area contributed by atoms with Gasteiger partial charge in [0.15, 0.2) is 0 Å². The van der Waals surface area contributed by atoms with Crippen molar-refractivity contribution in [2.45, 2.75) is 18.0 Å². The number of sulfonamides is 2. The Kier molecular flexibility index (Phi) is 3.14. The van der Waals surface area contributed by atoms with E-state index in [-0.39, 0.29) is 6.54 Å². The van der Waals surface area contributed by atoms with E-state index in [1.165, 1.54) is 21.1 Å². The van der Waals surface area contributed by atoms with Gasteiger partial charge in [0.05, 0.1) is 17.9 Å². The largest absolute Gasteiger partial charge is 0.363 e. The summed E-state index contributed by atoms with van der Waals surface area (Å²) in [5, 5.41) is 3.32. The number of piperidine rings is 1. The van der Waals surface area contributed by atoms with Crippen molar-refractivity contribution < 1.29 is 16.8 Å². The first-order valence-corrected chi connectivity index (χ1v) is 11.3. The Morgan fingerprint density at radius 3 is 2.50 bits per heavy atom. The van der Waals surface area contributed by atoms with Gasteiger partial charge in [-0.3, -0.25) is 4.31 Å². The quantitative estimate of drug-likeness (QED) is 0.820. The van der Waals surface area contributed by atoms with Crippen molar-refractivity contribution in [3.05, 3.63) is 41.6 Å². The Morgan fingerprint density at radius 2 is 1.83 bits per heavy atom. The van der Waals surface area contributed by atoms with Gasteiger partial charge in [-0.15, -0.1) is 0 Å². The Balaban J connectivity index is 1.88. The summed E-state index contributed by atoms with van der Waals surface area (Å²) >= 11 is 0. The molecule has 0 saturated carbocycles. The molecule has 0 radical (unpaired) electrons. The third kappa shape index (κ3) is 2.04. The lowest BCUT2D eigenvalue weighted by Crippen LogP contribution is -2.52. The van der Waals surface area contributed by atoms with Crippen LogP contribution in [0, 0.1) is 0 Å². The van der Waals surface area contributed by atoms with Gasteiger partial charge in [-0.2, -0.15) is 4.31 Å². The van der Waals surface area contributed by atoms with Gasteiger partial charge in [-0.25, -0.2) is 16.8 Å². The first-order valence-electron chi connectivity index (χ1n) is 7.65. The van der Waals surface area contributed by atoms with E-state index in [1.807, 2.05) is 24.3 Å². The molecule has 1 aromatic carbocycles. The van der Waals surface area contributed by atoms with E-state index < -0.39 is 31.6 Å². The predicted molar refractivity (Wildman–Crippen MR) is 91.3 cm³/mol. The summed E-state index contributed by atoms with van der Waals surface area (Å²) in [6, 6.07) is 7.77. The molecule has 0 aromatic heterocycles. The Hall–Kier alpha value is -1.58. The van der Waals surface area contributed by atoms with E-state index in [0.717, 1.165) is 16.8 Å². The van der Waals surface area contributed by atoms with Gasteiger partial charge < -0.3 is 5.32 Å². The lowest BCUT2D eigenvalue weighted by atomic mass is 9.71. The van der Waals surface area contributed by atoms with Gasteiger partial charge in [0.1, 0.15) is 6.17 Å². The first-order chi connectivity index (χ1) is 11.1. The number of benzene rings is 1. The van der Waals surface area contributed by atoms with E-state index in [9.17, 15) is 16.8 Å². The van der Waals surface area contributed by atoms with Crippen LogP contribution in [-0.2, 0) is 25.5 Å². The van der Waals surface area contributed by atoms with E-state index in [4.69, 9.17) is 0 Å². The van der Waals surface area contributed by atoms with Crippen LogP contribution in [0.5, 0.6) is 0 Å². The standard InChI is InChI=1S/C15H19N3O4S2/c1-23(19,20)17-8-7-15-11(9-17)10-18(24(2,21)22)14(15)16-13-6-4-3-5-12(13)15/h3-6,10,14,16H,7-9H2,1-2H3/t14-,15+/m1/s1. The van der Waals surface area contributed by atoms with Gasteiger partial charge in [-0.1, -0.05) is 18.2 Å². The smallest absolute Gasteiger partial charge is 0.233 e. The van der Waals surface area contributed by atoms with Crippen LogP contribution >= 0.6 is 0 Å². The summed E-state index contributed by atoms with van der Waals surface area (Å²) in [5.41, 5.74) is 2.28. The SMILES string of the molecule is CS(=O)(=O)N1CC[C@@]23C(=CN(S(C)(=O)=O)[C@H]2Nc2ccccc23)C1. The highest BCUT2D eigenvalue weighted by Gasteiger charge is 2.59. The van der Waals surface area contributed by atoms with Crippen LogP contribution in [-0.4, -0.2) is 57.2 Å². The van der Waals surface area contributed by atoms with Crippen molar-refractivity contribution in [2.75, 3.05) is 30.9 Å². The fourth-order valence-corrected chi connectivity index (χ4v) is 5.87. The third-order valence-electron chi connectivity index (χ3n) is 5.23. The molecule has 0 aliphatic carbocycles. The average Bonchev–Trinajstić information content (AvgIpc) is 2.96. The molecule has 9 heteroatoms. The number of hydrogen-bond acceptors (Lipinski definition) is 5. The first kappa shape index (κ1) is 15.9. The zero-order chi connectivity index (χ0) is 17.3. The topological polar surface area (TPSA) is 86.8 Å². The second-order valence-electron chi connectivity index (χ2n) is 6.66. The van der Waals surface area contributed by atoms with Crippen molar-refractivity contribution in [1.82, 2.24) is 8.61 Å². The summed E-state index contributed by atoms with van der Waals surface area (Å²) in [7, 11) is -6.79. The van der Waals surface area contributed by atoms with Crippen LogP contribution in [0.15, 0.2) is 36.0 Å². The molecule has 3 aliphatic heterocycles. The van der Waals surface area contributed by atoms with Crippen LogP contribution < -0.4 is 5.32 Å². The van der Waals surface area contributed by atoms with Gasteiger partial charge in [0.25, 0.3) is 0 Å². The van der Waals surface area contributed by atoms with E-state index in [2.05, 4.69) is 5.32 Å². The highest BCUT2D eigenvalue weighted by atomic mass is 32.2. The van der Waals surface area contributed by atoms with Gasteiger partial charge in [0.2, 0.25) is 20.0 Å². The number of nitrogens with zero attached hydrogens (tertiary/aromatic N) is 2. The molecule has 0 bridgehead atoms. The van der Waals surface area contributed by atoms with E-state index in [1.54, 1.807) is 6.20 Å². The molecule has 1 N–H and O–H groups in total. The Labute approximate surface area is 142 Å². The van der Waals surface area contributed by atoms with Crippen LogP contribution in [0.1, 0.15) is 12.0 Å². The predicted octanol–water partition coefficient (Wildman–Crippen LogP) is 0.500. The fraction of sp³-hybridized carbons (Fsp3) is 0.467. The van der Waals surface area contributed by atoms with Gasteiger partial charge in [-0.05, 0) is 23.6 Å². The molecule has 7 nitrogen and oxygen atoms in total. The molecule has 2 atom stereocenters. The van der Waals surface area contributed by atoms with Gasteiger partial charge >= 0.3 is 0 Å². The summed E-state index contributed by atoms with van der Waals surface area (Å²) in [4.78, 5) is 0. The van der Waals surface area contributed by atoms with Crippen molar-refractivity contribution >= 4 is 25.7 Å². The summed E-state index contributed by atoms with van der Waals surface area (Å²) in [6.45, 7) is 0.595. The lowest BCUT2D eigenvalue weighted by Gasteiger charge is -2.41. The molecule has 3 heterocycles. The third-order valence-corrected chi connectivity index (χ3v) is 7.56. The maximum Gasteiger partial charge on any atom is 0.233 e. The number of para-hydroxylation sites is 1. The lowest BCUT2D eigenvalue weighted by molar-refractivity contribution is 0.270. The normalized spacial score (nSPS) is 29.5. The van der Waals surface area contributed by atoms with E-state index >= 15 is 0 Å². The summed E-state index contributed by atoms with van der Waals surface area (Å²) in [6.07, 6.45) is 4.09. The van der Waals surface area contributed by atoms with Crippen molar-refractivity contribution in [3.63, 3.8) is 0 Å². The highest BCUT2D eigenvalue weighted by molar-refractivity contribution is 7.88. The van der Waals surface area contributed by atoms with Crippen LogP contribution in [0.4, 0.5) is 5.69 Å². The zero-order valence-corrected chi connectivity index (χ0v) is 15.1. The molecule has 3 aliphatic rings. The van der Waals surface area contributed by atoms with Gasteiger partial charge in [0, 0.05) is 25.0 Å². The number of anilines is 1. The molecule has 0 amide bonds. The van der Waals surface area contributed by atoms with E-state index in [0.29, 0.717) is 13.0 Å². The number of fused-ring (bicyclic) bond motifs is 1. The summed E-state index contributed by atoms with van der Waals surface area (Å²) in [5.74, 6) is 0. The molecular formula is C15H19N3O4S2. The van der Waals surface area contributed by atoms with Crippen molar-refractivity contribution in [3.8, 4) is 0 Å². The molecule has 1 fully saturated rings. The minimum atomic E-state index is -3.46. The monoisotopic (exact) mass is 369 g/mol. The average molecular weight is 369 g/mol. The number of rotatable bonds is 2. The Bertz CT molecular complexity index is 955. The number of nitrogens with one attached hydrogen (secondary N) is 1. The summed E-state index contributed by atoms with van der Waals surface area (Å²) < 4.78 is 51.1. The molecule has 4 rings (SSSR count). The minimum absolute atomic E-state index is 0.220. The minimum Gasteiger partial charge on any atom is -0.363 e. The fourth-order valence-electron chi connectivity index (χ4n) is 4.14. The number of hydrogen-bond donors (Lipinski definition) is 1. The van der Waals surface area contributed by atoms with Crippen molar-refractivity contribution in [1.29, 1.82) is 0 Å². The maximum atomic E-state index is 12.3. The maximum absolute atomic E-state index is 12.3. The molecule has 0 unspecified atom stereocenters. The van der Waals surface area contributed by atoms with Crippen LogP contribution in [0.3, 0.4) is 0 Å². The Morgan fingerprint density at radius 1 is 1.12 bits per heavy atom. The second kappa shape index (κ2) is 4.74.